The second-order valence-electron chi connectivity index (χ2n) is 5.27. The maximum absolute atomic E-state index is 11.5. The minimum absolute atomic E-state index is 0.0234. The number of rotatable bonds is 7. The van der Waals surface area contributed by atoms with E-state index in [9.17, 15) is 4.79 Å². The van der Waals surface area contributed by atoms with Gasteiger partial charge in [-0.15, -0.1) is 0 Å². The van der Waals surface area contributed by atoms with Gasteiger partial charge in [-0.05, 0) is 44.9 Å². The number of amides is 1. The number of nitrogens with two attached hydrogens (primary N) is 1. The normalized spacial score (nSPS) is 12.3. The van der Waals surface area contributed by atoms with Crippen molar-refractivity contribution in [2.75, 3.05) is 6.61 Å². The van der Waals surface area contributed by atoms with E-state index in [1.807, 2.05) is 39.0 Å². The molecular formula is C15H23ClN2O2. The Labute approximate surface area is 125 Å². The van der Waals surface area contributed by atoms with Gasteiger partial charge in [-0.2, -0.15) is 0 Å². The highest BCUT2D eigenvalue weighted by Gasteiger charge is 2.07. The first kappa shape index (κ1) is 16.8. The van der Waals surface area contributed by atoms with Crippen molar-refractivity contribution >= 4 is 17.5 Å². The molecule has 0 heterocycles. The Morgan fingerprint density at radius 2 is 2.10 bits per heavy atom. The van der Waals surface area contributed by atoms with Crippen molar-refractivity contribution in [3.8, 4) is 5.75 Å². The molecule has 4 nitrogen and oxygen atoms in total. The second-order valence-corrected chi connectivity index (χ2v) is 5.67. The lowest BCUT2D eigenvalue weighted by Gasteiger charge is -2.11. The molecule has 1 aromatic carbocycles. The quantitative estimate of drug-likeness (QED) is 0.813. The summed E-state index contributed by atoms with van der Waals surface area (Å²) in [6, 6.07) is 5.86. The van der Waals surface area contributed by atoms with Gasteiger partial charge in [-0.25, -0.2) is 0 Å². The molecule has 0 spiro atoms. The molecule has 1 aromatic rings. The van der Waals surface area contributed by atoms with Crippen LogP contribution in [0, 0.1) is 0 Å². The molecule has 112 valence electrons. The fourth-order valence-electron chi connectivity index (χ4n) is 1.81. The van der Waals surface area contributed by atoms with Gasteiger partial charge in [-0.3, -0.25) is 4.79 Å². The third-order valence-corrected chi connectivity index (χ3v) is 2.89. The van der Waals surface area contributed by atoms with Crippen LogP contribution in [0.3, 0.4) is 0 Å². The molecule has 5 heteroatoms. The van der Waals surface area contributed by atoms with E-state index >= 15 is 0 Å². The van der Waals surface area contributed by atoms with Crippen LogP contribution in [0.1, 0.15) is 32.8 Å². The van der Waals surface area contributed by atoms with Crippen LogP contribution in [-0.2, 0) is 11.2 Å². The van der Waals surface area contributed by atoms with Crippen LogP contribution in [0.15, 0.2) is 18.2 Å². The SMILES string of the molecule is CC(N)Cc1ccc(OCCC(=O)NC(C)C)c(Cl)c1. The highest BCUT2D eigenvalue weighted by Crippen LogP contribution is 2.26. The van der Waals surface area contributed by atoms with E-state index in [-0.39, 0.29) is 18.0 Å². The summed E-state index contributed by atoms with van der Waals surface area (Å²) in [5.74, 6) is 0.571. The van der Waals surface area contributed by atoms with Gasteiger partial charge in [0.05, 0.1) is 18.1 Å². The summed E-state index contributed by atoms with van der Waals surface area (Å²) in [4.78, 5) is 11.5. The molecule has 20 heavy (non-hydrogen) atoms. The molecule has 0 fully saturated rings. The molecule has 0 aliphatic heterocycles. The van der Waals surface area contributed by atoms with Crippen LogP contribution in [0.4, 0.5) is 0 Å². The number of halogens is 1. The Kier molecular flexibility index (Phi) is 6.82. The van der Waals surface area contributed by atoms with Crippen LogP contribution < -0.4 is 15.8 Å². The molecule has 1 unspecified atom stereocenters. The Morgan fingerprint density at radius 1 is 1.40 bits per heavy atom. The average molecular weight is 299 g/mol. The first-order valence-electron chi connectivity index (χ1n) is 6.84. The van der Waals surface area contributed by atoms with Crippen LogP contribution in [0.5, 0.6) is 5.75 Å². The summed E-state index contributed by atoms with van der Waals surface area (Å²) in [5, 5.41) is 3.36. The zero-order valence-electron chi connectivity index (χ0n) is 12.3. The molecule has 1 amide bonds. The Morgan fingerprint density at radius 3 is 2.65 bits per heavy atom. The van der Waals surface area contributed by atoms with Gasteiger partial charge in [0.2, 0.25) is 5.91 Å². The molecule has 0 aliphatic rings. The number of benzene rings is 1. The molecule has 0 radical (unpaired) electrons. The summed E-state index contributed by atoms with van der Waals surface area (Å²) in [6.45, 7) is 6.11. The summed E-state index contributed by atoms with van der Waals surface area (Å²) in [7, 11) is 0. The summed E-state index contributed by atoms with van der Waals surface area (Å²) in [5.41, 5.74) is 6.83. The minimum atomic E-state index is -0.0234. The van der Waals surface area contributed by atoms with Crippen molar-refractivity contribution in [3.63, 3.8) is 0 Å². The smallest absolute Gasteiger partial charge is 0.223 e. The largest absolute Gasteiger partial charge is 0.491 e. The highest BCUT2D eigenvalue weighted by atomic mass is 35.5. The predicted molar refractivity (Wildman–Crippen MR) is 82.2 cm³/mol. The molecule has 0 saturated carbocycles. The second kappa shape index (κ2) is 8.12. The monoisotopic (exact) mass is 298 g/mol. The van der Waals surface area contributed by atoms with Crippen molar-refractivity contribution in [1.82, 2.24) is 5.32 Å². The summed E-state index contributed by atoms with van der Waals surface area (Å²) >= 11 is 6.15. The number of hydrogen-bond donors (Lipinski definition) is 2. The molecule has 3 N–H and O–H groups in total. The average Bonchev–Trinajstić information content (AvgIpc) is 2.30. The molecular weight excluding hydrogens is 276 g/mol. The maximum Gasteiger partial charge on any atom is 0.223 e. The number of nitrogens with one attached hydrogen (secondary N) is 1. The molecule has 0 saturated heterocycles. The van der Waals surface area contributed by atoms with Gasteiger partial charge in [0.15, 0.2) is 0 Å². The van der Waals surface area contributed by atoms with Crippen LogP contribution in [0.25, 0.3) is 0 Å². The van der Waals surface area contributed by atoms with Crippen molar-refractivity contribution in [3.05, 3.63) is 28.8 Å². The van der Waals surface area contributed by atoms with Crippen molar-refractivity contribution in [2.24, 2.45) is 5.73 Å². The maximum atomic E-state index is 11.5. The topological polar surface area (TPSA) is 64.3 Å². The van der Waals surface area contributed by atoms with E-state index in [0.29, 0.717) is 23.8 Å². The third-order valence-electron chi connectivity index (χ3n) is 2.59. The summed E-state index contributed by atoms with van der Waals surface area (Å²) in [6.07, 6.45) is 1.09. The van der Waals surface area contributed by atoms with E-state index in [1.165, 1.54) is 0 Å². The fraction of sp³-hybridized carbons (Fsp3) is 0.533. The zero-order chi connectivity index (χ0) is 15.1. The van der Waals surface area contributed by atoms with Gasteiger partial charge < -0.3 is 15.8 Å². The fourth-order valence-corrected chi connectivity index (χ4v) is 2.07. The van der Waals surface area contributed by atoms with E-state index < -0.39 is 0 Å². The van der Waals surface area contributed by atoms with E-state index in [0.717, 1.165) is 12.0 Å². The van der Waals surface area contributed by atoms with E-state index in [1.54, 1.807) is 0 Å². The lowest BCUT2D eigenvalue weighted by molar-refractivity contribution is -0.122. The summed E-state index contributed by atoms with van der Waals surface area (Å²) < 4.78 is 5.52. The van der Waals surface area contributed by atoms with Crippen LogP contribution in [-0.4, -0.2) is 24.6 Å². The Hall–Kier alpha value is -1.26. The van der Waals surface area contributed by atoms with Crippen molar-refractivity contribution < 1.29 is 9.53 Å². The number of hydrogen-bond acceptors (Lipinski definition) is 3. The van der Waals surface area contributed by atoms with Crippen LogP contribution in [0.2, 0.25) is 5.02 Å². The zero-order valence-corrected chi connectivity index (χ0v) is 13.0. The molecule has 1 rings (SSSR count). The van der Waals surface area contributed by atoms with Crippen LogP contribution >= 0.6 is 11.6 Å². The number of ether oxygens (including phenoxy) is 1. The Balaban J connectivity index is 2.46. The highest BCUT2D eigenvalue weighted by molar-refractivity contribution is 6.32. The first-order chi connectivity index (χ1) is 9.38. The van der Waals surface area contributed by atoms with E-state index in [2.05, 4.69) is 5.32 Å². The van der Waals surface area contributed by atoms with Gasteiger partial charge in [0.25, 0.3) is 0 Å². The van der Waals surface area contributed by atoms with Gasteiger partial charge in [-0.1, -0.05) is 17.7 Å². The number of carbonyl (C=O) groups is 1. The molecule has 0 aliphatic carbocycles. The van der Waals surface area contributed by atoms with E-state index in [4.69, 9.17) is 22.1 Å². The van der Waals surface area contributed by atoms with Crippen molar-refractivity contribution in [1.29, 1.82) is 0 Å². The molecule has 0 bridgehead atoms. The lowest BCUT2D eigenvalue weighted by atomic mass is 10.1. The predicted octanol–water partition coefficient (Wildman–Crippen LogP) is 2.52. The van der Waals surface area contributed by atoms with Gasteiger partial charge >= 0.3 is 0 Å². The molecule has 0 aromatic heterocycles. The standard InChI is InChI=1S/C15H23ClN2O2/c1-10(2)18-15(19)6-7-20-14-5-4-12(8-11(3)17)9-13(14)16/h4-5,9-11H,6-8,17H2,1-3H3,(H,18,19). The Bertz CT molecular complexity index is 447. The van der Waals surface area contributed by atoms with Crippen molar-refractivity contribution in [2.45, 2.75) is 45.7 Å². The number of carbonyl (C=O) groups excluding carboxylic acids is 1. The minimum Gasteiger partial charge on any atom is -0.491 e. The molecule has 1 atom stereocenters. The lowest BCUT2D eigenvalue weighted by Crippen LogP contribution is -2.31. The third kappa shape index (κ3) is 6.26. The van der Waals surface area contributed by atoms with Gasteiger partial charge in [0, 0.05) is 12.1 Å². The van der Waals surface area contributed by atoms with Gasteiger partial charge in [0.1, 0.15) is 5.75 Å². The first-order valence-corrected chi connectivity index (χ1v) is 7.22.